The van der Waals surface area contributed by atoms with E-state index >= 15 is 0 Å². The van der Waals surface area contributed by atoms with E-state index in [2.05, 4.69) is 14.9 Å². The fraction of sp³-hybridized carbons (Fsp3) is 0.263. The van der Waals surface area contributed by atoms with Crippen molar-refractivity contribution < 1.29 is 61.7 Å². The number of non-ortho nitro benzene ring substituents is 2. The summed E-state index contributed by atoms with van der Waals surface area (Å²) in [6.45, 7) is 0.337. The van der Waals surface area contributed by atoms with Crippen molar-refractivity contribution in [1.29, 1.82) is 0 Å². The third-order valence-corrected chi connectivity index (χ3v) is 9.04. The van der Waals surface area contributed by atoms with Gasteiger partial charge in [0.2, 0.25) is 0 Å². The molecule has 0 saturated carbocycles. The summed E-state index contributed by atoms with van der Waals surface area (Å²) in [5.41, 5.74) is 6.26. The van der Waals surface area contributed by atoms with Crippen molar-refractivity contribution in [3.63, 3.8) is 0 Å². The Morgan fingerprint density at radius 2 is 1.10 bits per heavy atom. The number of esters is 2. The number of imide groups is 2. The Morgan fingerprint density at radius 3 is 1.51 bits per heavy atom. The molecule has 0 spiro atoms. The van der Waals surface area contributed by atoms with Crippen LogP contribution >= 0.6 is 0 Å². The SMILES string of the molecule is NCC(=O)OCN1C(=O)CN(/N=C/c2ccc(-c3ccc([N+](=O)[O-])cc3)o2)C1=O.O=C(CN1CCOCC1)OCN1C(=O)CN(/N=C/c2ccc(-c3ccc([N+](=O)[O-])cc3)o2)C1=O. The van der Waals surface area contributed by atoms with Gasteiger partial charge in [-0.3, -0.25) is 44.3 Å². The average Bonchev–Trinajstić information content (AvgIpc) is 4.07. The minimum absolute atomic E-state index is 0.0365. The van der Waals surface area contributed by atoms with E-state index in [0.29, 0.717) is 60.5 Å². The molecule has 5 heterocycles. The summed E-state index contributed by atoms with van der Waals surface area (Å²) in [5, 5.41) is 31.2. The standard InChI is InChI=1S/C21H21N5O8.C17H15N5O7/c27-19-12-25(21(29)24(19)14-33-20(28)13-23-7-9-32-10-8-23)22-11-17-5-6-18(34-17)15-1-3-16(4-2-15)26(30)31;18-7-16(24)28-10-20-15(23)9-21(17(20)25)19-8-13-5-6-14(29-13)11-1-3-12(4-2-11)22(26)27/h1-6,11H,7-10,12-14H2;1-6,8H,7,9-10,18H2/b22-11+;19-8+. The average molecular weight is 873 g/mol. The second-order valence-electron chi connectivity index (χ2n) is 13.2. The maximum atomic E-state index is 12.5. The number of morpholine rings is 1. The van der Waals surface area contributed by atoms with Gasteiger partial charge in [0.1, 0.15) is 36.1 Å². The van der Waals surface area contributed by atoms with Gasteiger partial charge in [-0.1, -0.05) is 0 Å². The number of nitrogens with two attached hydrogens (primary N) is 1. The highest BCUT2D eigenvalue weighted by Crippen LogP contribution is 2.26. The molecule has 6 amide bonds. The maximum Gasteiger partial charge on any atom is 0.350 e. The number of amides is 6. The molecule has 25 heteroatoms. The fourth-order valence-corrected chi connectivity index (χ4v) is 5.71. The molecule has 3 aliphatic rings. The molecule has 2 N–H and O–H groups in total. The number of rotatable bonds is 15. The number of carbonyl (C=O) groups is 6. The molecule has 3 aliphatic heterocycles. The van der Waals surface area contributed by atoms with Crippen LogP contribution in [-0.2, 0) is 33.4 Å². The quantitative estimate of drug-likeness (QED) is 0.0588. The van der Waals surface area contributed by atoms with Gasteiger partial charge in [-0.2, -0.15) is 10.2 Å². The van der Waals surface area contributed by atoms with Crippen molar-refractivity contribution in [2.75, 3.05) is 65.9 Å². The smallest absolute Gasteiger partial charge is 0.350 e. The summed E-state index contributed by atoms with van der Waals surface area (Å²) in [6, 6.07) is 16.6. The van der Waals surface area contributed by atoms with Crippen LogP contribution in [0.4, 0.5) is 21.0 Å². The molecule has 3 fully saturated rings. The number of hydrogen-bond donors (Lipinski definition) is 1. The van der Waals surface area contributed by atoms with Crippen molar-refractivity contribution in [3.05, 3.63) is 105 Å². The highest BCUT2D eigenvalue weighted by molar-refractivity contribution is 6.03. The number of hydrogen-bond acceptors (Lipinski definition) is 19. The van der Waals surface area contributed by atoms with Gasteiger partial charge in [-0.25, -0.2) is 29.4 Å². The molecule has 0 radical (unpaired) electrons. The first-order valence-corrected chi connectivity index (χ1v) is 18.6. The van der Waals surface area contributed by atoms with E-state index in [0.717, 1.165) is 19.8 Å². The number of hydrazone groups is 2. The van der Waals surface area contributed by atoms with E-state index in [-0.39, 0.29) is 37.6 Å². The molecule has 4 aromatic rings. The molecule has 0 bridgehead atoms. The van der Waals surface area contributed by atoms with Gasteiger partial charge >= 0.3 is 24.0 Å². The van der Waals surface area contributed by atoms with E-state index in [9.17, 15) is 49.0 Å². The second kappa shape index (κ2) is 20.4. The number of furan rings is 2. The third kappa shape index (κ3) is 11.6. The van der Waals surface area contributed by atoms with Crippen molar-refractivity contribution in [2.45, 2.75) is 0 Å². The molecule has 0 unspecified atom stereocenters. The predicted molar refractivity (Wildman–Crippen MR) is 213 cm³/mol. The number of nitro groups is 2. The summed E-state index contributed by atoms with van der Waals surface area (Å²) >= 11 is 0. The second-order valence-corrected chi connectivity index (χ2v) is 13.2. The van der Waals surface area contributed by atoms with Gasteiger partial charge in [0, 0.05) is 48.5 Å². The Labute approximate surface area is 354 Å². The lowest BCUT2D eigenvalue weighted by atomic mass is 10.1. The summed E-state index contributed by atoms with van der Waals surface area (Å²) in [5.74, 6) is -0.916. The number of urea groups is 2. The summed E-state index contributed by atoms with van der Waals surface area (Å²) in [7, 11) is 0. The van der Waals surface area contributed by atoms with Crippen LogP contribution in [-0.4, -0.2) is 149 Å². The van der Waals surface area contributed by atoms with Crippen molar-refractivity contribution >= 4 is 59.6 Å². The lowest BCUT2D eigenvalue weighted by molar-refractivity contribution is -0.385. The molecule has 0 atom stereocenters. The minimum Gasteiger partial charge on any atom is -0.455 e. The van der Waals surface area contributed by atoms with Crippen molar-refractivity contribution in [2.24, 2.45) is 15.9 Å². The van der Waals surface area contributed by atoms with Gasteiger partial charge in [0.25, 0.3) is 23.2 Å². The molecular formula is C38H36N10O15. The first-order valence-electron chi connectivity index (χ1n) is 18.6. The van der Waals surface area contributed by atoms with Crippen LogP contribution < -0.4 is 5.73 Å². The zero-order valence-electron chi connectivity index (χ0n) is 32.9. The highest BCUT2D eigenvalue weighted by Gasteiger charge is 2.38. The first kappa shape index (κ1) is 44.4. The number of benzene rings is 2. The monoisotopic (exact) mass is 872 g/mol. The Balaban J connectivity index is 0.000000213. The van der Waals surface area contributed by atoms with Gasteiger partial charge in [0.05, 0.1) is 48.6 Å². The third-order valence-electron chi connectivity index (χ3n) is 9.04. The van der Waals surface area contributed by atoms with Crippen molar-refractivity contribution in [1.82, 2.24) is 24.7 Å². The zero-order chi connectivity index (χ0) is 45.0. The Morgan fingerprint density at radius 1 is 0.667 bits per heavy atom. The van der Waals surface area contributed by atoms with E-state index in [1.807, 2.05) is 4.90 Å². The molecular weight excluding hydrogens is 836 g/mol. The van der Waals surface area contributed by atoms with Gasteiger partial charge < -0.3 is 28.8 Å². The van der Waals surface area contributed by atoms with Crippen molar-refractivity contribution in [3.8, 4) is 22.6 Å². The normalized spacial score (nSPS) is 15.7. The van der Waals surface area contributed by atoms with Gasteiger partial charge in [-0.05, 0) is 48.5 Å². The number of nitrogens with zero attached hydrogens (tertiary/aromatic N) is 9. The number of nitro benzene ring substituents is 2. The Hall–Kier alpha value is -8.16. The first-order chi connectivity index (χ1) is 30.3. The molecule has 63 heavy (non-hydrogen) atoms. The van der Waals surface area contributed by atoms with Gasteiger partial charge in [0.15, 0.2) is 13.5 Å². The summed E-state index contributed by atoms with van der Waals surface area (Å²) in [6.07, 6.45) is 2.52. The predicted octanol–water partition coefficient (Wildman–Crippen LogP) is 2.20. The lowest BCUT2D eigenvalue weighted by Gasteiger charge is -2.25. The van der Waals surface area contributed by atoms with Crippen LogP contribution in [0.5, 0.6) is 0 Å². The van der Waals surface area contributed by atoms with Crippen LogP contribution in [0.25, 0.3) is 22.6 Å². The summed E-state index contributed by atoms with van der Waals surface area (Å²) in [4.78, 5) is 95.6. The maximum absolute atomic E-state index is 12.5. The van der Waals surface area contributed by atoms with Crippen LogP contribution in [0.1, 0.15) is 11.5 Å². The molecule has 3 saturated heterocycles. The molecule has 2 aromatic carbocycles. The van der Waals surface area contributed by atoms with Crippen LogP contribution in [0.3, 0.4) is 0 Å². The lowest BCUT2D eigenvalue weighted by Crippen LogP contribution is -2.41. The largest absolute Gasteiger partial charge is 0.455 e. The zero-order valence-corrected chi connectivity index (χ0v) is 32.9. The molecule has 25 nitrogen and oxygen atoms in total. The van der Waals surface area contributed by atoms with E-state index in [1.54, 1.807) is 48.5 Å². The van der Waals surface area contributed by atoms with Crippen LogP contribution in [0, 0.1) is 20.2 Å². The molecule has 328 valence electrons. The minimum atomic E-state index is -0.752. The molecule has 2 aromatic heterocycles. The van der Waals surface area contributed by atoms with Crippen LogP contribution in [0.2, 0.25) is 0 Å². The Bertz CT molecular complexity index is 2420. The molecule has 0 aliphatic carbocycles. The van der Waals surface area contributed by atoms with Crippen LogP contribution in [0.15, 0.2) is 91.8 Å². The fourth-order valence-electron chi connectivity index (χ4n) is 5.71. The van der Waals surface area contributed by atoms with E-state index in [4.69, 9.17) is 24.0 Å². The topological polar surface area (TPSA) is 310 Å². The highest BCUT2D eigenvalue weighted by atomic mass is 16.6. The molecule has 7 rings (SSSR count). The number of carbonyl (C=O) groups excluding carboxylic acids is 6. The van der Waals surface area contributed by atoms with E-state index < -0.39 is 59.1 Å². The van der Waals surface area contributed by atoms with Gasteiger partial charge in [-0.15, -0.1) is 0 Å². The number of ether oxygens (including phenoxy) is 3. The Kier molecular flexibility index (Phi) is 14.4. The van der Waals surface area contributed by atoms with E-state index in [1.165, 1.54) is 36.7 Å². The summed E-state index contributed by atoms with van der Waals surface area (Å²) < 4.78 is 26.2.